The number of thiophene rings is 1. The molecular weight excluding hydrogens is 242 g/mol. The van der Waals surface area contributed by atoms with Crippen LogP contribution in [0.25, 0.3) is 10.8 Å². The Morgan fingerprint density at radius 2 is 2.06 bits per heavy atom. The molecule has 0 amide bonds. The Labute approximate surface area is 110 Å². The predicted octanol–water partition coefficient (Wildman–Crippen LogP) is 3.55. The highest BCUT2D eigenvalue weighted by atomic mass is 32.1. The number of aromatic nitrogens is 1. The summed E-state index contributed by atoms with van der Waals surface area (Å²) in [6.07, 6.45) is 3.58. The molecule has 1 N–H and O–H groups in total. The monoisotopic (exact) mass is 255 g/mol. The highest BCUT2D eigenvalue weighted by molar-refractivity contribution is 7.10. The van der Waals surface area contributed by atoms with E-state index in [1.807, 2.05) is 54.9 Å². The quantitative estimate of drug-likeness (QED) is 0.759. The van der Waals surface area contributed by atoms with Gasteiger partial charge in [0.05, 0.1) is 0 Å². The van der Waals surface area contributed by atoms with Crippen LogP contribution in [0.2, 0.25) is 0 Å². The van der Waals surface area contributed by atoms with Crippen molar-refractivity contribution >= 4 is 22.1 Å². The van der Waals surface area contributed by atoms with Crippen LogP contribution in [0.3, 0.4) is 0 Å². The molecule has 0 radical (unpaired) electrons. The normalized spacial score (nSPS) is 14.6. The topological polar surface area (TPSA) is 33.1 Å². The van der Waals surface area contributed by atoms with Gasteiger partial charge in [0, 0.05) is 22.7 Å². The largest absolute Gasteiger partial charge is 0.380 e. The van der Waals surface area contributed by atoms with Crippen molar-refractivity contribution in [3.8, 4) is 0 Å². The highest BCUT2D eigenvalue weighted by Crippen LogP contribution is 2.35. The van der Waals surface area contributed by atoms with E-state index in [4.69, 9.17) is 0 Å². The van der Waals surface area contributed by atoms with Crippen molar-refractivity contribution in [2.45, 2.75) is 12.5 Å². The summed E-state index contributed by atoms with van der Waals surface area (Å²) in [4.78, 5) is 5.10. The van der Waals surface area contributed by atoms with Crippen molar-refractivity contribution in [3.05, 3.63) is 64.6 Å². The highest BCUT2D eigenvalue weighted by Gasteiger charge is 2.28. The molecule has 18 heavy (non-hydrogen) atoms. The number of hydrogen-bond donors (Lipinski definition) is 1. The van der Waals surface area contributed by atoms with Crippen molar-refractivity contribution in [1.29, 1.82) is 0 Å². The standard InChI is InChI=1S/C15H13NOS/c1-15(17,14-6-3-9-18-14)13-5-2-4-11-7-8-16-10-12(11)13/h2-10,17H,1H3. The number of nitrogens with zero attached hydrogens (tertiary/aromatic N) is 1. The molecule has 1 aromatic carbocycles. The van der Waals surface area contributed by atoms with Gasteiger partial charge in [0.15, 0.2) is 0 Å². The second-order valence-electron chi connectivity index (χ2n) is 4.45. The van der Waals surface area contributed by atoms with Crippen LogP contribution in [0.4, 0.5) is 0 Å². The Morgan fingerprint density at radius 1 is 1.17 bits per heavy atom. The van der Waals surface area contributed by atoms with Gasteiger partial charge in [0.2, 0.25) is 0 Å². The zero-order valence-corrected chi connectivity index (χ0v) is 10.8. The van der Waals surface area contributed by atoms with E-state index in [2.05, 4.69) is 4.98 Å². The summed E-state index contributed by atoms with van der Waals surface area (Å²) in [5.74, 6) is 0. The van der Waals surface area contributed by atoms with Crippen LogP contribution < -0.4 is 0 Å². The van der Waals surface area contributed by atoms with Gasteiger partial charge < -0.3 is 5.11 Å². The van der Waals surface area contributed by atoms with Crippen LogP contribution in [-0.4, -0.2) is 10.1 Å². The Kier molecular flexibility index (Phi) is 2.65. The van der Waals surface area contributed by atoms with Gasteiger partial charge in [-0.1, -0.05) is 24.3 Å². The van der Waals surface area contributed by atoms with Gasteiger partial charge in [-0.25, -0.2) is 0 Å². The van der Waals surface area contributed by atoms with Crippen LogP contribution in [0.1, 0.15) is 17.4 Å². The minimum atomic E-state index is -0.975. The van der Waals surface area contributed by atoms with Gasteiger partial charge in [0.1, 0.15) is 5.60 Å². The minimum Gasteiger partial charge on any atom is -0.380 e. The van der Waals surface area contributed by atoms with E-state index >= 15 is 0 Å². The van der Waals surface area contributed by atoms with Gasteiger partial charge >= 0.3 is 0 Å². The lowest BCUT2D eigenvalue weighted by atomic mass is 9.90. The molecule has 0 saturated heterocycles. The van der Waals surface area contributed by atoms with E-state index in [-0.39, 0.29) is 0 Å². The van der Waals surface area contributed by atoms with E-state index < -0.39 is 5.60 Å². The third kappa shape index (κ3) is 1.72. The predicted molar refractivity (Wildman–Crippen MR) is 74.7 cm³/mol. The van der Waals surface area contributed by atoms with Gasteiger partial charge in [-0.15, -0.1) is 11.3 Å². The molecule has 0 aliphatic carbocycles. The number of rotatable bonds is 2. The number of benzene rings is 1. The van der Waals surface area contributed by atoms with Crippen molar-refractivity contribution in [2.24, 2.45) is 0 Å². The van der Waals surface area contributed by atoms with Gasteiger partial charge in [-0.05, 0) is 35.4 Å². The molecule has 1 unspecified atom stereocenters. The van der Waals surface area contributed by atoms with Crippen LogP contribution in [0.15, 0.2) is 54.2 Å². The van der Waals surface area contributed by atoms with E-state index in [1.165, 1.54) is 0 Å². The Balaban J connectivity index is 2.26. The second kappa shape index (κ2) is 4.19. The number of fused-ring (bicyclic) bond motifs is 1. The van der Waals surface area contributed by atoms with Crippen molar-refractivity contribution in [2.75, 3.05) is 0 Å². The van der Waals surface area contributed by atoms with Crippen LogP contribution >= 0.6 is 11.3 Å². The van der Waals surface area contributed by atoms with E-state index in [9.17, 15) is 5.11 Å². The summed E-state index contributed by atoms with van der Waals surface area (Å²) >= 11 is 1.56. The maximum Gasteiger partial charge on any atom is 0.122 e. The third-order valence-electron chi connectivity index (χ3n) is 3.21. The number of pyridine rings is 1. The Hall–Kier alpha value is -1.71. The fraction of sp³-hybridized carbons (Fsp3) is 0.133. The molecule has 0 saturated carbocycles. The third-order valence-corrected chi connectivity index (χ3v) is 4.29. The van der Waals surface area contributed by atoms with Gasteiger partial charge in [-0.2, -0.15) is 0 Å². The van der Waals surface area contributed by atoms with E-state index in [0.29, 0.717) is 0 Å². The van der Waals surface area contributed by atoms with E-state index in [1.54, 1.807) is 17.5 Å². The summed E-state index contributed by atoms with van der Waals surface area (Å²) in [5, 5.41) is 14.9. The Bertz CT molecular complexity index is 669. The summed E-state index contributed by atoms with van der Waals surface area (Å²) in [5.41, 5.74) is -0.0768. The zero-order chi connectivity index (χ0) is 12.6. The molecule has 3 heteroatoms. The summed E-state index contributed by atoms with van der Waals surface area (Å²) in [6, 6.07) is 11.8. The molecule has 2 nitrogen and oxygen atoms in total. The first-order valence-corrected chi connectivity index (χ1v) is 6.67. The molecule has 0 bridgehead atoms. The molecule has 3 aromatic rings. The molecule has 0 fully saturated rings. The van der Waals surface area contributed by atoms with Crippen molar-refractivity contribution in [3.63, 3.8) is 0 Å². The molecule has 0 aliphatic rings. The molecule has 2 heterocycles. The fourth-order valence-corrected chi connectivity index (χ4v) is 3.03. The van der Waals surface area contributed by atoms with Gasteiger partial charge in [-0.3, -0.25) is 4.98 Å². The van der Waals surface area contributed by atoms with E-state index in [0.717, 1.165) is 21.2 Å². The summed E-state index contributed by atoms with van der Waals surface area (Å²) in [6.45, 7) is 1.83. The average Bonchev–Trinajstić information content (AvgIpc) is 2.92. The summed E-state index contributed by atoms with van der Waals surface area (Å²) < 4.78 is 0. The first kappa shape index (κ1) is 11.4. The van der Waals surface area contributed by atoms with Crippen LogP contribution in [0.5, 0.6) is 0 Å². The molecule has 0 spiro atoms. The average molecular weight is 255 g/mol. The first-order chi connectivity index (χ1) is 8.69. The molecule has 90 valence electrons. The fourth-order valence-electron chi connectivity index (χ4n) is 2.23. The lowest BCUT2D eigenvalue weighted by Gasteiger charge is -2.24. The van der Waals surface area contributed by atoms with Crippen LogP contribution in [0, 0.1) is 0 Å². The van der Waals surface area contributed by atoms with Gasteiger partial charge in [0.25, 0.3) is 0 Å². The van der Waals surface area contributed by atoms with Crippen molar-refractivity contribution < 1.29 is 5.11 Å². The maximum atomic E-state index is 10.8. The molecule has 0 aliphatic heterocycles. The molecule has 1 atom stereocenters. The number of hydrogen-bond acceptors (Lipinski definition) is 3. The molecule has 2 aromatic heterocycles. The lowest BCUT2D eigenvalue weighted by molar-refractivity contribution is 0.108. The zero-order valence-electron chi connectivity index (χ0n) is 10.00. The smallest absolute Gasteiger partial charge is 0.122 e. The molecule has 3 rings (SSSR count). The van der Waals surface area contributed by atoms with Crippen LogP contribution in [-0.2, 0) is 5.60 Å². The second-order valence-corrected chi connectivity index (χ2v) is 5.40. The molecular formula is C15H13NOS. The number of aliphatic hydroxyl groups is 1. The first-order valence-electron chi connectivity index (χ1n) is 5.79. The maximum absolute atomic E-state index is 10.8. The summed E-state index contributed by atoms with van der Waals surface area (Å²) in [7, 11) is 0. The minimum absolute atomic E-state index is 0.899. The SMILES string of the molecule is CC(O)(c1cccs1)c1cccc2ccncc12. The lowest BCUT2D eigenvalue weighted by Crippen LogP contribution is -2.21. The Morgan fingerprint density at radius 3 is 2.83 bits per heavy atom. The van der Waals surface area contributed by atoms with Crippen molar-refractivity contribution in [1.82, 2.24) is 4.98 Å².